The summed E-state index contributed by atoms with van der Waals surface area (Å²) in [5.41, 5.74) is 2.72. The Bertz CT molecular complexity index is 1480. The number of imidazole rings is 1. The van der Waals surface area contributed by atoms with E-state index in [1.165, 1.54) is 17.8 Å². The van der Waals surface area contributed by atoms with Crippen LogP contribution < -0.4 is 16.0 Å². The number of nitrogens with one attached hydrogen (secondary N) is 3. The van der Waals surface area contributed by atoms with Crippen molar-refractivity contribution in [3.8, 4) is 11.3 Å². The van der Waals surface area contributed by atoms with Crippen LogP contribution in [0, 0.1) is 0 Å². The number of nitrogens with zero attached hydrogens (tertiary/aromatic N) is 7. The number of alkyl halides is 2. The van der Waals surface area contributed by atoms with Crippen molar-refractivity contribution in [2.75, 3.05) is 51.0 Å². The standard InChI is InChI=1S/C23H26F2N10O2/c1-26-20-19-14(15-3-4-18-28-9-16(21(36)27-2)35(18)31-15)5-8-34(19)32-22(30-20)29-17-6-7-33(12-23(17,24)25)13-10-37-11-13/h3-5,8-9,13,17H,6-7,10-12H2,1-2H3,(H,27,36)(H2,26,29,30,32)/t17-/m1/s1. The SMILES string of the molecule is CNC(=O)c1cnc2ccc(-c3ccn4nc(N[C@@H]5CCN(C6COC6)CC5(F)F)nc(NC)c34)nn12. The minimum Gasteiger partial charge on any atom is -0.378 e. The zero-order chi connectivity index (χ0) is 25.7. The predicted octanol–water partition coefficient (Wildman–Crippen LogP) is 1.36. The molecule has 1 atom stereocenters. The van der Waals surface area contributed by atoms with Gasteiger partial charge in [0.05, 0.1) is 43.7 Å². The van der Waals surface area contributed by atoms with E-state index in [1.807, 2.05) is 6.07 Å². The van der Waals surface area contributed by atoms with Gasteiger partial charge in [0.15, 0.2) is 11.5 Å². The molecule has 0 spiro atoms. The molecule has 2 aliphatic heterocycles. The van der Waals surface area contributed by atoms with E-state index in [-0.39, 0.29) is 30.9 Å². The fraction of sp³-hybridized carbons (Fsp3) is 0.435. The lowest BCUT2D eigenvalue weighted by Crippen LogP contribution is -2.61. The lowest BCUT2D eigenvalue weighted by molar-refractivity contribution is -0.131. The summed E-state index contributed by atoms with van der Waals surface area (Å²) < 4.78 is 38.2. The number of anilines is 2. The third kappa shape index (κ3) is 4.01. The van der Waals surface area contributed by atoms with Crippen molar-refractivity contribution >= 4 is 28.8 Å². The van der Waals surface area contributed by atoms with Crippen molar-refractivity contribution in [3.05, 3.63) is 36.3 Å². The Morgan fingerprint density at radius 2 is 2.03 bits per heavy atom. The average molecular weight is 513 g/mol. The van der Waals surface area contributed by atoms with Gasteiger partial charge in [-0.25, -0.2) is 22.8 Å². The largest absolute Gasteiger partial charge is 0.378 e. The molecule has 0 aliphatic carbocycles. The van der Waals surface area contributed by atoms with Gasteiger partial charge in [-0.2, -0.15) is 10.1 Å². The monoisotopic (exact) mass is 512 g/mol. The van der Waals surface area contributed by atoms with Gasteiger partial charge in [-0.3, -0.25) is 9.69 Å². The minimum atomic E-state index is -2.94. The van der Waals surface area contributed by atoms with Crippen molar-refractivity contribution in [2.24, 2.45) is 0 Å². The Balaban J connectivity index is 1.31. The van der Waals surface area contributed by atoms with Crippen LogP contribution in [-0.4, -0.2) is 98.4 Å². The Morgan fingerprint density at radius 3 is 2.73 bits per heavy atom. The maximum Gasteiger partial charge on any atom is 0.280 e. The highest BCUT2D eigenvalue weighted by atomic mass is 19.3. The van der Waals surface area contributed by atoms with Gasteiger partial charge in [-0.05, 0) is 24.6 Å². The van der Waals surface area contributed by atoms with Crippen molar-refractivity contribution in [1.82, 2.24) is 39.4 Å². The van der Waals surface area contributed by atoms with Crippen LogP contribution in [0.5, 0.6) is 0 Å². The molecule has 3 N–H and O–H groups in total. The number of halogens is 2. The molecule has 0 unspecified atom stereocenters. The van der Waals surface area contributed by atoms with E-state index in [1.54, 1.807) is 34.8 Å². The predicted molar refractivity (Wildman–Crippen MR) is 131 cm³/mol. The first-order valence-electron chi connectivity index (χ1n) is 12.0. The Hall–Kier alpha value is -3.91. The summed E-state index contributed by atoms with van der Waals surface area (Å²) in [6.07, 6.45) is 3.44. The van der Waals surface area contributed by atoms with Gasteiger partial charge in [0.25, 0.3) is 11.8 Å². The fourth-order valence-corrected chi connectivity index (χ4v) is 4.81. The lowest BCUT2D eigenvalue weighted by Gasteiger charge is -2.44. The van der Waals surface area contributed by atoms with E-state index in [0.717, 1.165) is 0 Å². The number of hydrogen-bond acceptors (Lipinski definition) is 9. The number of ether oxygens (including phenoxy) is 1. The molecule has 194 valence electrons. The van der Waals surface area contributed by atoms with Gasteiger partial charge in [-0.15, -0.1) is 5.10 Å². The van der Waals surface area contributed by atoms with Crippen LogP contribution in [0.4, 0.5) is 20.5 Å². The second-order valence-electron chi connectivity index (χ2n) is 9.18. The molecule has 6 heterocycles. The molecule has 14 heteroatoms. The first-order chi connectivity index (χ1) is 17.9. The molecule has 0 saturated carbocycles. The Morgan fingerprint density at radius 1 is 1.19 bits per heavy atom. The minimum absolute atomic E-state index is 0.0659. The molecular formula is C23H26F2N10O2. The zero-order valence-corrected chi connectivity index (χ0v) is 20.3. The van der Waals surface area contributed by atoms with Crippen molar-refractivity contribution in [1.29, 1.82) is 0 Å². The van der Waals surface area contributed by atoms with Gasteiger partial charge in [-0.1, -0.05) is 0 Å². The smallest absolute Gasteiger partial charge is 0.280 e. The first-order valence-corrected chi connectivity index (χ1v) is 12.0. The number of hydrogen-bond donors (Lipinski definition) is 3. The lowest BCUT2D eigenvalue weighted by atomic mass is 9.98. The van der Waals surface area contributed by atoms with Crippen LogP contribution in [0.3, 0.4) is 0 Å². The molecule has 4 aromatic heterocycles. The molecule has 2 aliphatic rings. The molecule has 2 saturated heterocycles. The second kappa shape index (κ2) is 8.88. The molecule has 0 radical (unpaired) electrons. The van der Waals surface area contributed by atoms with Crippen LogP contribution in [0.1, 0.15) is 16.9 Å². The van der Waals surface area contributed by atoms with Crippen LogP contribution in [0.25, 0.3) is 22.4 Å². The van der Waals surface area contributed by atoms with Crippen molar-refractivity contribution < 1.29 is 18.3 Å². The first kappa shape index (κ1) is 23.5. The average Bonchev–Trinajstić information content (AvgIpc) is 3.47. The third-order valence-corrected chi connectivity index (χ3v) is 6.91. The number of carbonyl (C=O) groups is 1. The Labute approximate surface area is 210 Å². The molecule has 0 bridgehead atoms. The van der Waals surface area contributed by atoms with Crippen LogP contribution in [-0.2, 0) is 4.74 Å². The van der Waals surface area contributed by atoms with Crippen LogP contribution >= 0.6 is 0 Å². The summed E-state index contributed by atoms with van der Waals surface area (Å²) in [5, 5.41) is 17.6. The highest BCUT2D eigenvalue weighted by Gasteiger charge is 2.47. The molecule has 37 heavy (non-hydrogen) atoms. The summed E-state index contributed by atoms with van der Waals surface area (Å²) in [5.74, 6) is -2.70. The van der Waals surface area contributed by atoms with E-state index in [9.17, 15) is 13.6 Å². The topological polar surface area (TPSA) is 126 Å². The number of carbonyl (C=O) groups excluding carboxylic acids is 1. The molecule has 1 amide bonds. The fourth-order valence-electron chi connectivity index (χ4n) is 4.81. The number of aromatic nitrogens is 6. The van der Waals surface area contributed by atoms with Crippen LogP contribution in [0.15, 0.2) is 30.6 Å². The number of amides is 1. The molecule has 12 nitrogen and oxygen atoms in total. The maximum atomic E-state index is 15.0. The van der Waals surface area contributed by atoms with E-state index in [4.69, 9.17) is 4.74 Å². The highest BCUT2D eigenvalue weighted by Crippen LogP contribution is 2.33. The van der Waals surface area contributed by atoms with Gasteiger partial charge in [0.2, 0.25) is 5.95 Å². The van der Waals surface area contributed by atoms with Crippen LogP contribution in [0.2, 0.25) is 0 Å². The van der Waals surface area contributed by atoms with Crippen molar-refractivity contribution in [3.63, 3.8) is 0 Å². The molecule has 2 fully saturated rings. The van der Waals surface area contributed by atoms with E-state index >= 15 is 0 Å². The summed E-state index contributed by atoms with van der Waals surface area (Å²) in [6.45, 7) is 1.24. The molecular weight excluding hydrogens is 486 g/mol. The number of likely N-dealkylation sites (tertiary alicyclic amines) is 1. The summed E-state index contributed by atoms with van der Waals surface area (Å²) in [6, 6.07) is 4.34. The maximum absolute atomic E-state index is 15.0. The third-order valence-electron chi connectivity index (χ3n) is 6.91. The van der Waals surface area contributed by atoms with E-state index in [0.29, 0.717) is 53.7 Å². The van der Waals surface area contributed by atoms with E-state index in [2.05, 4.69) is 36.1 Å². The number of fused-ring (bicyclic) bond motifs is 2. The van der Waals surface area contributed by atoms with Gasteiger partial charge in [0, 0.05) is 32.4 Å². The summed E-state index contributed by atoms with van der Waals surface area (Å²) in [4.78, 5) is 22.7. The van der Waals surface area contributed by atoms with Crippen molar-refractivity contribution in [2.45, 2.75) is 24.4 Å². The zero-order valence-electron chi connectivity index (χ0n) is 20.3. The van der Waals surface area contributed by atoms with E-state index < -0.39 is 12.0 Å². The summed E-state index contributed by atoms with van der Waals surface area (Å²) >= 11 is 0. The highest BCUT2D eigenvalue weighted by molar-refractivity contribution is 5.93. The second-order valence-corrected chi connectivity index (χ2v) is 9.18. The Kier molecular flexibility index (Phi) is 5.64. The normalized spacial score (nSPS) is 20.2. The number of piperidine rings is 1. The quantitative estimate of drug-likeness (QED) is 0.351. The van der Waals surface area contributed by atoms with Gasteiger partial charge in [0.1, 0.15) is 11.2 Å². The van der Waals surface area contributed by atoms with Gasteiger partial charge < -0.3 is 20.7 Å². The summed E-state index contributed by atoms with van der Waals surface area (Å²) in [7, 11) is 3.24. The number of rotatable bonds is 6. The molecule has 0 aromatic carbocycles. The molecule has 4 aromatic rings. The molecule has 6 rings (SSSR count). The van der Waals surface area contributed by atoms with Gasteiger partial charge >= 0.3 is 0 Å².